The van der Waals surface area contributed by atoms with Gasteiger partial charge >= 0.3 is 0 Å². The average molecular weight is 314 g/mol. The molecule has 0 radical (unpaired) electrons. The van der Waals surface area contributed by atoms with E-state index >= 15 is 0 Å². The van der Waals surface area contributed by atoms with E-state index in [1.165, 1.54) is 24.3 Å². The third-order valence-electron chi connectivity index (χ3n) is 4.12. The molecule has 0 N–H and O–H groups in total. The van der Waals surface area contributed by atoms with Crippen LogP contribution in [0, 0.1) is 20.2 Å². The Balaban J connectivity index is 2.00. The Morgan fingerprint density at radius 2 is 1.26 bits per heavy atom. The standard InChI is InChI=1S/C15H10N2O6/c18-16(19)9-1-3-11-12-4-2-10(17(20)21)8-14(12)15(13(11)7-9)22-5-6-23-15/h1-4,7-8H,5-6H2. The smallest absolute Gasteiger partial charge is 0.269 e. The number of non-ortho nitro benzene ring substituents is 2. The first-order valence-corrected chi connectivity index (χ1v) is 6.89. The van der Waals surface area contributed by atoms with Crippen molar-refractivity contribution in [3.05, 3.63) is 67.8 Å². The van der Waals surface area contributed by atoms with E-state index in [1.807, 2.05) is 0 Å². The third kappa shape index (κ3) is 1.79. The van der Waals surface area contributed by atoms with Crippen LogP contribution in [0.5, 0.6) is 0 Å². The van der Waals surface area contributed by atoms with Gasteiger partial charge in [-0.15, -0.1) is 0 Å². The lowest BCUT2D eigenvalue weighted by molar-refractivity contribution is -0.385. The third-order valence-corrected chi connectivity index (χ3v) is 4.12. The van der Waals surface area contributed by atoms with Crippen LogP contribution in [-0.2, 0) is 15.3 Å². The van der Waals surface area contributed by atoms with Crippen LogP contribution in [0.3, 0.4) is 0 Å². The number of nitro groups is 2. The molecule has 2 aromatic rings. The number of hydrogen-bond donors (Lipinski definition) is 0. The van der Waals surface area contributed by atoms with E-state index < -0.39 is 15.6 Å². The Morgan fingerprint density at radius 3 is 1.65 bits per heavy atom. The van der Waals surface area contributed by atoms with Crippen LogP contribution in [0.4, 0.5) is 11.4 Å². The summed E-state index contributed by atoms with van der Waals surface area (Å²) in [7, 11) is 0. The van der Waals surface area contributed by atoms with Gasteiger partial charge in [-0.1, -0.05) is 0 Å². The number of fused-ring (bicyclic) bond motifs is 5. The molecule has 8 heteroatoms. The van der Waals surface area contributed by atoms with Crippen molar-refractivity contribution < 1.29 is 19.3 Å². The van der Waals surface area contributed by atoms with E-state index in [-0.39, 0.29) is 11.4 Å². The molecule has 8 nitrogen and oxygen atoms in total. The Bertz CT molecular complexity index is 792. The van der Waals surface area contributed by atoms with Crippen LogP contribution in [-0.4, -0.2) is 23.1 Å². The van der Waals surface area contributed by atoms with Crippen molar-refractivity contribution >= 4 is 11.4 Å². The van der Waals surface area contributed by atoms with E-state index in [4.69, 9.17) is 9.47 Å². The quantitative estimate of drug-likeness (QED) is 0.623. The van der Waals surface area contributed by atoms with Gasteiger partial charge in [-0.05, 0) is 23.3 Å². The highest BCUT2D eigenvalue weighted by molar-refractivity contribution is 5.81. The molecule has 4 rings (SSSR count). The molecular formula is C15H10N2O6. The summed E-state index contributed by atoms with van der Waals surface area (Å²) in [5.41, 5.74) is 2.32. The average Bonchev–Trinajstić information content (AvgIpc) is 3.13. The second-order valence-corrected chi connectivity index (χ2v) is 5.29. The Morgan fingerprint density at radius 1 is 0.826 bits per heavy atom. The largest absolute Gasteiger partial charge is 0.340 e. The maximum atomic E-state index is 11.1. The molecule has 1 saturated heterocycles. The molecule has 1 spiro atoms. The summed E-state index contributed by atoms with van der Waals surface area (Å²) < 4.78 is 11.5. The van der Waals surface area contributed by atoms with Crippen molar-refractivity contribution in [1.29, 1.82) is 0 Å². The highest BCUT2D eigenvalue weighted by atomic mass is 16.7. The van der Waals surface area contributed by atoms with Crippen molar-refractivity contribution in [3.8, 4) is 11.1 Å². The number of rotatable bonds is 2. The minimum Gasteiger partial charge on any atom is -0.340 e. The molecule has 1 aliphatic heterocycles. The van der Waals surface area contributed by atoms with E-state index in [0.29, 0.717) is 24.3 Å². The van der Waals surface area contributed by atoms with E-state index in [1.54, 1.807) is 12.1 Å². The van der Waals surface area contributed by atoms with Crippen molar-refractivity contribution in [3.63, 3.8) is 0 Å². The zero-order valence-corrected chi connectivity index (χ0v) is 11.7. The molecule has 0 bridgehead atoms. The van der Waals surface area contributed by atoms with E-state index in [0.717, 1.165) is 11.1 Å². The van der Waals surface area contributed by atoms with Crippen LogP contribution in [0.15, 0.2) is 36.4 Å². The van der Waals surface area contributed by atoms with E-state index in [2.05, 4.69) is 0 Å². The lowest BCUT2D eigenvalue weighted by Gasteiger charge is -2.24. The number of nitro benzene ring substituents is 2. The predicted molar refractivity (Wildman–Crippen MR) is 77.9 cm³/mol. The van der Waals surface area contributed by atoms with Gasteiger partial charge < -0.3 is 9.47 Å². The minimum atomic E-state index is -1.30. The number of benzene rings is 2. The minimum absolute atomic E-state index is 0.0791. The van der Waals surface area contributed by atoms with Crippen molar-refractivity contribution in [2.24, 2.45) is 0 Å². The molecule has 23 heavy (non-hydrogen) atoms. The number of hydrogen-bond acceptors (Lipinski definition) is 6. The van der Waals surface area contributed by atoms with Crippen LogP contribution in [0.2, 0.25) is 0 Å². The normalized spacial score (nSPS) is 17.0. The Kier molecular flexibility index (Phi) is 2.75. The first kappa shape index (κ1) is 13.8. The van der Waals surface area contributed by atoms with Gasteiger partial charge in [0.15, 0.2) is 0 Å². The van der Waals surface area contributed by atoms with Gasteiger partial charge in [-0.3, -0.25) is 20.2 Å². The summed E-state index contributed by atoms with van der Waals surface area (Å²) in [6.45, 7) is 0.620. The lowest BCUT2D eigenvalue weighted by atomic mass is 10.0. The second-order valence-electron chi connectivity index (χ2n) is 5.29. The molecule has 2 aliphatic rings. The Labute approximate surface area is 129 Å². The molecule has 0 amide bonds. The summed E-state index contributed by atoms with van der Waals surface area (Å²) in [6.07, 6.45) is 0. The van der Waals surface area contributed by atoms with Gasteiger partial charge in [-0.25, -0.2) is 0 Å². The topological polar surface area (TPSA) is 105 Å². The maximum Gasteiger partial charge on any atom is 0.269 e. The van der Waals surface area contributed by atoms with Crippen LogP contribution < -0.4 is 0 Å². The van der Waals surface area contributed by atoms with Crippen LogP contribution in [0.25, 0.3) is 11.1 Å². The van der Waals surface area contributed by atoms with Crippen LogP contribution >= 0.6 is 0 Å². The van der Waals surface area contributed by atoms with Gasteiger partial charge in [0.25, 0.3) is 11.4 Å². The van der Waals surface area contributed by atoms with E-state index in [9.17, 15) is 20.2 Å². The molecule has 0 atom stereocenters. The highest BCUT2D eigenvalue weighted by Crippen LogP contribution is 2.53. The molecule has 116 valence electrons. The zero-order valence-electron chi connectivity index (χ0n) is 11.7. The maximum absolute atomic E-state index is 11.1. The van der Waals surface area contributed by atoms with Gasteiger partial charge in [-0.2, -0.15) is 0 Å². The summed E-state index contributed by atoms with van der Waals surface area (Å²) in [4.78, 5) is 21.1. The van der Waals surface area contributed by atoms with Gasteiger partial charge in [0.1, 0.15) is 0 Å². The number of ether oxygens (including phenoxy) is 2. The summed E-state index contributed by atoms with van der Waals surface area (Å²) in [6, 6.07) is 8.87. The van der Waals surface area contributed by atoms with Crippen molar-refractivity contribution in [2.45, 2.75) is 5.79 Å². The predicted octanol–water partition coefficient (Wildman–Crippen LogP) is 2.73. The zero-order chi connectivity index (χ0) is 16.2. The summed E-state index contributed by atoms with van der Waals surface area (Å²) in [5, 5.41) is 22.1. The fraction of sp³-hybridized carbons (Fsp3) is 0.200. The molecule has 0 unspecified atom stereocenters. The van der Waals surface area contributed by atoms with Crippen molar-refractivity contribution in [2.75, 3.05) is 13.2 Å². The van der Waals surface area contributed by atoms with Crippen LogP contribution in [0.1, 0.15) is 11.1 Å². The summed E-state index contributed by atoms with van der Waals surface area (Å²) >= 11 is 0. The molecule has 0 aromatic heterocycles. The molecule has 1 heterocycles. The second kappa shape index (κ2) is 4.58. The monoisotopic (exact) mass is 314 g/mol. The molecule has 0 saturated carbocycles. The Hall–Kier alpha value is -2.84. The van der Waals surface area contributed by atoms with Crippen molar-refractivity contribution in [1.82, 2.24) is 0 Å². The first-order chi connectivity index (χ1) is 11.0. The SMILES string of the molecule is O=[N+]([O-])c1ccc2c(c1)C1(OCCO1)c1cc([N+](=O)[O-])ccc1-2. The molecule has 2 aromatic carbocycles. The van der Waals surface area contributed by atoms with Gasteiger partial charge in [0, 0.05) is 35.4 Å². The summed E-state index contributed by atoms with van der Waals surface area (Å²) in [5.74, 6) is -1.30. The van der Waals surface area contributed by atoms with Gasteiger partial charge in [0.2, 0.25) is 5.79 Å². The highest BCUT2D eigenvalue weighted by Gasteiger charge is 2.49. The molecular weight excluding hydrogens is 304 g/mol. The lowest BCUT2D eigenvalue weighted by Crippen LogP contribution is -2.26. The number of nitrogens with zero attached hydrogens (tertiary/aromatic N) is 2. The molecule has 1 aliphatic carbocycles. The fourth-order valence-corrected chi connectivity index (χ4v) is 3.17. The fourth-order valence-electron chi connectivity index (χ4n) is 3.17. The molecule has 1 fully saturated rings. The van der Waals surface area contributed by atoms with Gasteiger partial charge in [0.05, 0.1) is 23.1 Å². The first-order valence-electron chi connectivity index (χ1n) is 6.89.